The fourth-order valence-electron chi connectivity index (χ4n) is 1.96. The summed E-state index contributed by atoms with van der Waals surface area (Å²) in [7, 11) is 0. The highest BCUT2D eigenvalue weighted by molar-refractivity contribution is 9.10. The van der Waals surface area contributed by atoms with Gasteiger partial charge in [-0.1, -0.05) is 15.9 Å². The van der Waals surface area contributed by atoms with Crippen molar-refractivity contribution in [1.29, 1.82) is 0 Å². The minimum Gasteiger partial charge on any atom is -0.485 e. The second-order valence-electron chi connectivity index (χ2n) is 5.22. The molecule has 1 unspecified atom stereocenters. The molecule has 116 valence electrons. The number of Topliss-reactive ketones (excluding diaryl/α,β-unsaturated/α-hetero) is 1. The van der Waals surface area contributed by atoms with E-state index in [0.29, 0.717) is 12.1 Å². The maximum Gasteiger partial charge on any atom is 0.458 e. The molecule has 21 heavy (non-hydrogen) atoms. The third-order valence-electron chi connectivity index (χ3n) is 3.18. The first-order valence-corrected chi connectivity index (χ1v) is 6.76. The molecule has 0 radical (unpaired) electrons. The molecule has 1 aromatic carbocycles. The van der Waals surface area contributed by atoms with E-state index in [0.717, 1.165) is 6.07 Å². The standard InChI is InChI=1S/C13H10BrF5O2/c1-11(2)10(14)9(20)7-5-6(3-4-8(7)21-11)12(15,16)13(17,18)19/h3-5,10H,1-2H3. The molecular formula is C13H10BrF5O2. The maximum atomic E-state index is 13.3. The molecule has 1 heterocycles. The molecule has 0 fully saturated rings. The van der Waals surface area contributed by atoms with E-state index in [1.807, 2.05) is 0 Å². The van der Waals surface area contributed by atoms with Crippen molar-refractivity contribution in [1.82, 2.24) is 0 Å². The van der Waals surface area contributed by atoms with Crippen LogP contribution in [-0.4, -0.2) is 22.4 Å². The molecule has 1 atom stereocenters. The van der Waals surface area contributed by atoms with Gasteiger partial charge in [-0.25, -0.2) is 0 Å². The van der Waals surface area contributed by atoms with Crippen molar-refractivity contribution in [3.63, 3.8) is 0 Å². The van der Waals surface area contributed by atoms with Gasteiger partial charge in [0.25, 0.3) is 0 Å². The van der Waals surface area contributed by atoms with Gasteiger partial charge in [-0.15, -0.1) is 0 Å². The highest BCUT2D eigenvalue weighted by atomic mass is 79.9. The number of ketones is 1. The van der Waals surface area contributed by atoms with E-state index in [4.69, 9.17) is 4.74 Å². The molecule has 0 amide bonds. The number of ether oxygens (including phenoxy) is 1. The molecule has 2 nitrogen and oxygen atoms in total. The van der Waals surface area contributed by atoms with Gasteiger partial charge in [0.05, 0.1) is 5.56 Å². The number of carbonyl (C=O) groups is 1. The second-order valence-corrected chi connectivity index (χ2v) is 6.13. The fraction of sp³-hybridized carbons (Fsp3) is 0.462. The lowest BCUT2D eigenvalue weighted by atomic mass is 9.91. The zero-order valence-electron chi connectivity index (χ0n) is 10.9. The van der Waals surface area contributed by atoms with Crippen LogP contribution in [0, 0.1) is 0 Å². The number of alkyl halides is 6. The monoisotopic (exact) mass is 372 g/mol. The van der Waals surface area contributed by atoms with Crippen molar-refractivity contribution in [2.45, 2.75) is 36.4 Å². The highest BCUT2D eigenvalue weighted by Crippen LogP contribution is 2.46. The normalized spacial score (nSPS) is 21.7. The smallest absolute Gasteiger partial charge is 0.458 e. The van der Waals surface area contributed by atoms with Crippen molar-refractivity contribution in [3.05, 3.63) is 29.3 Å². The van der Waals surface area contributed by atoms with Crippen LogP contribution in [0.1, 0.15) is 29.8 Å². The Morgan fingerprint density at radius 1 is 1.19 bits per heavy atom. The van der Waals surface area contributed by atoms with Gasteiger partial charge in [-0.3, -0.25) is 4.79 Å². The van der Waals surface area contributed by atoms with E-state index < -0.39 is 33.9 Å². The molecule has 1 aliphatic rings. The van der Waals surface area contributed by atoms with E-state index in [-0.39, 0.29) is 11.3 Å². The van der Waals surface area contributed by atoms with E-state index in [1.165, 1.54) is 0 Å². The average Bonchev–Trinajstić information content (AvgIpc) is 2.34. The Bertz CT molecular complexity index is 595. The van der Waals surface area contributed by atoms with E-state index in [2.05, 4.69) is 15.9 Å². The maximum absolute atomic E-state index is 13.3. The van der Waals surface area contributed by atoms with E-state index in [1.54, 1.807) is 13.8 Å². The summed E-state index contributed by atoms with van der Waals surface area (Å²) in [6, 6.07) is 2.11. The van der Waals surface area contributed by atoms with Crippen LogP contribution in [0.15, 0.2) is 18.2 Å². The van der Waals surface area contributed by atoms with Crippen molar-refractivity contribution in [2.75, 3.05) is 0 Å². The molecule has 2 rings (SSSR count). The summed E-state index contributed by atoms with van der Waals surface area (Å²) >= 11 is 3.08. The first-order valence-electron chi connectivity index (χ1n) is 5.84. The van der Waals surface area contributed by atoms with Gasteiger partial charge in [0.1, 0.15) is 16.2 Å². The summed E-state index contributed by atoms with van der Waals surface area (Å²) in [5.74, 6) is -5.64. The molecule has 0 spiro atoms. The summed E-state index contributed by atoms with van der Waals surface area (Å²) in [5.41, 5.74) is -2.51. The van der Waals surface area contributed by atoms with Crippen LogP contribution in [0.25, 0.3) is 0 Å². The Balaban J connectivity index is 2.54. The Morgan fingerprint density at radius 3 is 2.29 bits per heavy atom. The van der Waals surface area contributed by atoms with Gasteiger partial charge in [-0.2, -0.15) is 22.0 Å². The second kappa shape index (κ2) is 4.66. The first kappa shape index (κ1) is 16.2. The zero-order chi connectivity index (χ0) is 16.2. The number of benzene rings is 1. The van der Waals surface area contributed by atoms with Gasteiger partial charge >= 0.3 is 12.1 Å². The Morgan fingerprint density at radius 2 is 1.76 bits per heavy atom. The minimum atomic E-state index is -5.73. The predicted molar refractivity (Wildman–Crippen MR) is 68.1 cm³/mol. The van der Waals surface area contributed by atoms with Gasteiger partial charge in [-0.05, 0) is 32.0 Å². The lowest BCUT2D eigenvalue weighted by Gasteiger charge is -2.36. The van der Waals surface area contributed by atoms with Crippen LogP contribution in [-0.2, 0) is 5.92 Å². The third-order valence-corrected chi connectivity index (χ3v) is 4.70. The lowest BCUT2D eigenvalue weighted by Crippen LogP contribution is -2.47. The van der Waals surface area contributed by atoms with Gasteiger partial charge in [0, 0.05) is 5.56 Å². The van der Waals surface area contributed by atoms with E-state index >= 15 is 0 Å². The first-order chi connectivity index (χ1) is 9.38. The SMILES string of the molecule is CC1(C)Oc2ccc(C(F)(F)C(F)(F)F)cc2C(=O)C1Br. The van der Waals surface area contributed by atoms with Crippen LogP contribution in [0.4, 0.5) is 22.0 Å². The molecule has 8 heteroatoms. The Labute approximate surface area is 125 Å². The minimum absolute atomic E-state index is 0.0116. The van der Waals surface area contributed by atoms with Gasteiger partial charge in [0.2, 0.25) is 0 Å². The predicted octanol–water partition coefficient (Wildman–Crippen LogP) is 4.46. The summed E-state index contributed by atoms with van der Waals surface area (Å²) in [5, 5.41) is 0. The summed E-state index contributed by atoms with van der Waals surface area (Å²) in [4.78, 5) is 11.3. The molecular weight excluding hydrogens is 363 g/mol. The molecule has 0 saturated heterocycles. The number of hydrogen-bond donors (Lipinski definition) is 0. The van der Waals surface area contributed by atoms with Gasteiger partial charge < -0.3 is 4.74 Å². The van der Waals surface area contributed by atoms with Crippen molar-refractivity contribution >= 4 is 21.7 Å². The molecule has 0 N–H and O–H groups in total. The van der Waals surface area contributed by atoms with Crippen molar-refractivity contribution in [2.24, 2.45) is 0 Å². The highest BCUT2D eigenvalue weighted by Gasteiger charge is 2.59. The summed E-state index contributed by atoms with van der Waals surface area (Å²) in [6.45, 7) is 3.21. The van der Waals surface area contributed by atoms with Crippen LogP contribution in [0.5, 0.6) is 5.75 Å². The molecule has 1 aliphatic heterocycles. The Hall–Kier alpha value is -1.18. The number of carbonyl (C=O) groups excluding carboxylic acids is 1. The molecule has 1 aromatic rings. The van der Waals surface area contributed by atoms with Crippen molar-refractivity contribution < 1.29 is 31.5 Å². The van der Waals surface area contributed by atoms with Crippen molar-refractivity contribution in [3.8, 4) is 5.75 Å². The van der Waals surface area contributed by atoms with Crippen LogP contribution in [0.3, 0.4) is 0 Å². The Kier molecular flexibility index (Phi) is 3.59. The largest absolute Gasteiger partial charge is 0.485 e. The quantitative estimate of drug-likeness (QED) is 0.537. The molecule has 0 aromatic heterocycles. The number of rotatable bonds is 1. The summed E-state index contributed by atoms with van der Waals surface area (Å²) in [6.07, 6.45) is -5.73. The van der Waals surface area contributed by atoms with Crippen LogP contribution >= 0.6 is 15.9 Å². The lowest BCUT2D eigenvalue weighted by molar-refractivity contribution is -0.289. The van der Waals surface area contributed by atoms with Crippen LogP contribution < -0.4 is 4.74 Å². The average molecular weight is 373 g/mol. The number of fused-ring (bicyclic) bond motifs is 1. The summed E-state index contributed by atoms with van der Waals surface area (Å²) < 4.78 is 69.2. The number of hydrogen-bond acceptors (Lipinski definition) is 2. The molecule has 0 bridgehead atoms. The van der Waals surface area contributed by atoms with Gasteiger partial charge in [0.15, 0.2) is 5.78 Å². The number of halogens is 6. The molecule has 0 aliphatic carbocycles. The topological polar surface area (TPSA) is 26.3 Å². The third kappa shape index (κ3) is 2.54. The van der Waals surface area contributed by atoms with E-state index in [9.17, 15) is 26.7 Å². The van der Waals surface area contributed by atoms with Crippen LogP contribution in [0.2, 0.25) is 0 Å². The zero-order valence-corrected chi connectivity index (χ0v) is 12.5. The molecule has 0 saturated carbocycles. The fourth-order valence-corrected chi connectivity index (χ4v) is 2.30.